The van der Waals surface area contributed by atoms with Gasteiger partial charge in [-0.2, -0.15) is 0 Å². The quantitative estimate of drug-likeness (QED) is 0.565. The van der Waals surface area contributed by atoms with E-state index in [0.29, 0.717) is 23.7 Å². The van der Waals surface area contributed by atoms with Crippen molar-refractivity contribution >= 4 is 5.78 Å². The SMILES string of the molecule is C=C(C)COc1cc(OC)ccc1C(C)=O. The number of methoxy groups -OCH3 is 1. The minimum Gasteiger partial charge on any atom is -0.497 e. The lowest BCUT2D eigenvalue weighted by molar-refractivity contribution is 0.101. The van der Waals surface area contributed by atoms with E-state index in [1.54, 1.807) is 25.3 Å². The van der Waals surface area contributed by atoms with Crippen LogP contribution in [0.25, 0.3) is 0 Å². The summed E-state index contributed by atoms with van der Waals surface area (Å²) in [5.74, 6) is 1.18. The summed E-state index contributed by atoms with van der Waals surface area (Å²) in [6.07, 6.45) is 0. The van der Waals surface area contributed by atoms with E-state index in [1.807, 2.05) is 6.92 Å². The predicted molar refractivity (Wildman–Crippen MR) is 63.3 cm³/mol. The molecule has 0 bridgehead atoms. The van der Waals surface area contributed by atoms with Gasteiger partial charge in [0.15, 0.2) is 5.78 Å². The van der Waals surface area contributed by atoms with Crippen LogP contribution >= 0.6 is 0 Å². The normalized spacial score (nSPS) is 9.69. The van der Waals surface area contributed by atoms with Crippen LogP contribution in [0, 0.1) is 0 Å². The monoisotopic (exact) mass is 220 g/mol. The van der Waals surface area contributed by atoms with Gasteiger partial charge < -0.3 is 9.47 Å². The molecular weight excluding hydrogens is 204 g/mol. The highest BCUT2D eigenvalue weighted by atomic mass is 16.5. The lowest BCUT2D eigenvalue weighted by Gasteiger charge is -2.11. The second-order valence-corrected chi connectivity index (χ2v) is 3.66. The van der Waals surface area contributed by atoms with Gasteiger partial charge in [-0.05, 0) is 31.6 Å². The minimum absolute atomic E-state index is 0.0284. The van der Waals surface area contributed by atoms with Crippen molar-refractivity contribution in [2.24, 2.45) is 0 Å². The van der Waals surface area contributed by atoms with E-state index in [-0.39, 0.29) is 5.78 Å². The maximum absolute atomic E-state index is 11.4. The molecule has 3 nitrogen and oxygen atoms in total. The van der Waals surface area contributed by atoms with Crippen LogP contribution < -0.4 is 9.47 Å². The number of rotatable bonds is 5. The Morgan fingerprint density at radius 1 is 1.38 bits per heavy atom. The van der Waals surface area contributed by atoms with Crippen LogP contribution in [0.15, 0.2) is 30.4 Å². The summed E-state index contributed by atoms with van der Waals surface area (Å²) in [4.78, 5) is 11.4. The largest absolute Gasteiger partial charge is 0.497 e. The second-order valence-electron chi connectivity index (χ2n) is 3.66. The summed E-state index contributed by atoms with van der Waals surface area (Å²) in [5.41, 5.74) is 1.46. The van der Waals surface area contributed by atoms with E-state index >= 15 is 0 Å². The lowest BCUT2D eigenvalue weighted by atomic mass is 10.1. The summed E-state index contributed by atoms with van der Waals surface area (Å²) < 4.78 is 10.6. The molecule has 0 amide bonds. The third kappa shape index (κ3) is 3.12. The van der Waals surface area contributed by atoms with E-state index in [2.05, 4.69) is 6.58 Å². The molecule has 0 aliphatic rings. The summed E-state index contributed by atoms with van der Waals surface area (Å²) in [5, 5.41) is 0. The Hall–Kier alpha value is -1.77. The fourth-order valence-corrected chi connectivity index (χ4v) is 1.24. The van der Waals surface area contributed by atoms with E-state index < -0.39 is 0 Å². The smallest absolute Gasteiger partial charge is 0.163 e. The first-order valence-electron chi connectivity index (χ1n) is 5.00. The average molecular weight is 220 g/mol. The summed E-state index contributed by atoms with van der Waals surface area (Å²) >= 11 is 0. The highest BCUT2D eigenvalue weighted by Gasteiger charge is 2.09. The van der Waals surface area contributed by atoms with Crippen LogP contribution in [0.2, 0.25) is 0 Å². The fraction of sp³-hybridized carbons (Fsp3) is 0.308. The molecular formula is C13H16O3. The van der Waals surface area contributed by atoms with Gasteiger partial charge >= 0.3 is 0 Å². The van der Waals surface area contributed by atoms with Crippen LogP contribution in [-0.2, 0) is 0 Å². The number of ketones is 1. The number of carbonyl (C=O) groups excluding carboxylic acids is 1. The lowest BCUT2D eigenvalue weighted by Crippen LogP contribution is -2.03. The van der Waals surface area contributed by atoms with Crippen LogP contribution in [0.3, 0.4) is 0 Å². The van der Waals surface area contributed by atoms with E-state index in [4.69, 9.17) is 9.47 Å². The first-order valence-corrected chi connectivity index (χ1v) is 5.00. The first-order chi connectivity index (χ1) is 7.54. The summed E-state index contributed by atoms with van der Waals surface area (Å²) in [6, 6.07) is 5.15. The highest BCUT2D eigenvalue weighted by Crippen LogP contribution is 2.25. The van der Waals surface area contributed by atoms with Gasteiger partial charge in [0.25, 0.3) is 0 Å². The average Bonchev–Trinajstić information content (AvgIpc) is 2.25. The van der Waals surface area contributed by atoms with Crippen molar-refractivity contribution in [3.05, 3.63) is 35.9 Å². The van der Waals surface area contributed by atoms with Crippen molar-refractivity contribution in [3.63, 3.8) is 0 Å². The standard InChI is InChI=1S/C13H16O3/c1-9(2)8-16-13-7-11(15-4)5-6-12(13)10(3)14/h5-7H,1,8H2,2-4H3. The molecule has 0 atom stereocenters. The molecule has 0 N–H and O–H groups in total. The maximum Gasteiger partial charge on any atom is 0.163 e. The van der Waals surface area contributed by atoms with Crippen LogP contribution in [0.1, 0.15) is 24.2 Å². The zero-order valence-corrected chi connectivity index (χ0v) is 9.87. The van der Waals surface area contributed by atoms with Crippen LogP contribution in [-0.4, -0.2) is 19.5 Å². The Kier molecular flexibility index (Phi) is 4.11. The third-order valence-corrected chi connectivity index (χ3v) is 2.04. The topological polar surface area (TPSA) is 35.5 Å². The molecule has 1 rings (SSSR count). The molecule has 0 aromatic heterocycles. The van der Waals surface area contributed by atoms with Crippen molar-refractivity contribution in [3.8, 4) is 11.5 Å². The van der Waals surface area contributed by atoms with Gasteiger partial charge in [0, 0.05) is 6.07 Å². The van der Waals surface area contributed by atoms with Gasteiger partial charge in [-0.1, -0.05) is 6.58 Å². The molecule has 0 saturated heterocycles. The summed E-state index contributed by atoms with van der Waals surface area (Å²) in [6.45, 7) is 7.52. The molecule has 0 aliphatic carbocycles. The highest BCUT2D eigenvalue weighted by molar-refractivity contribution is 5.97. The molecule has 3 heteroatoms. The van der Waals surface area contributed by atoms with Crippen molar-refractivity contribution in [2.75, 3.05) is 13.7 Å². The molecule has 0 spiro atoms. The van der Waals surface area contributed by atoms with Gasteiger partial charge in [-0.25, -0.2) is 0 Å². The van der Waals surface area contributed by atoms with Gasteiger partial charge in [-0.3, -0.25) is 4.79 Å². The van der Waals surface area contributed by atoms with Crippen LogP contribution in [0.5, 0.6) is 11.5 Å². The predicted octanol–water partition coefficient (Wildman–Crippen LogP) is 2.85. The Labute approximate surface area is 95.7 Å². The molecule has 0 radical (unpaired) electrons. The van der Waals surface area contributed by atoms with Gasteiger partial charge in [0.05, 0.1) is 12.7 Å². The molecule has 0 saturated carbocycles. The number of benzene rings is 1. The Balaban J connectivity index is 3.00. The van der Waals surface area contributed by atoms with Crippen LogP contribution in [0.4, 0.5) is 0 Å². The van der Waals surface area contributed by atoms with Crippen molar-refractivity contribution in [1.82, 2.24) is 0 Å². The maximum atomic E-state index is 11.4. The Bertz CT molecular complexity index is 408. The van der Waals surface area contributed by atoms with Crippen molar-refractivity contribution < 1.29 is 14.3 Å². The number of hydrogen-bond acceptors (Lipinski definition) is 3. The Morgan fingerprint density at radius 2 is 2.06 bits per heavy atom. The third-order valence-electron chi connectivity index (χ3n) is 2.04. The van der Waals surface area contributed by atoms with Crippen molar-refractivity contribution in [2.45, 2.75) is 13.8 Å². The molecule has 0 heterocycles. The first kappa shape index (κ1) is 12.3. The summed E-state index contributed by atoms with van der Waals surface area (Å²) in [7, 11) is 1.57. The molecule has 0 fully saturated rings. The molecule has 1 aromatic carbocycles. The van der Waals surface area contributed by atoms with Gasteiger partial charge in [0.2, 0.25) is 0 Å². The zero-order valence-electron chi connectivity index (χ0n) is 9.87. The molecule has 1 aromatic rings. The molecule has 0 aliphatic heterocycles. The number of carbonyl (C=O) groups is 1. The van der Waals surface area contributed by atoms with E-state index in [1.165, 1.54) is 6.92 Å². The molecule has 86 valence electrons. The van der Waals surface area contributed by atoms with E-state index in [9.17, 15) is 4.79 Å². The Morgan fingerprint density at radius 3 is 2.56 bits per heavy atom. The number of Topliss-reactive ketones (excluding diaryl/α,β-unsaturated/α-hetero) is 1. The number of ether oxygens (including phenoxy) is 2. The minimum atomic E-state index is -0.0284. The second kappa shape index (κ2) is 5.35. The van der Waals surface area contributed by atoms with Crippen molar-refractivity contribution in [1.29, 1.82) is 0 Å². The zero-order chi connectivity index (χ0) is 12.1. The van der Waals surface area contributed by atoms with E-state index in [0.717, 1.165) is 5.57 Å². The van der Waals surface area contributed by atoms with Gasteiger partial charge in [-0.15, -0.1) is 0 Å². The number of hydrogen-bond donors (Lipinski definition) is 0. The molecule has 16 heavy (non-hydrogen) atoms. The fourth-order valence-electron chi connectivity index (χ4n) is 1.24. The molecule has 0 unspecified atom stereocenters. The van der Waals surface area contributed by atoms with Gasteiger partial charge in [0.1, 0.15) is 18.1 Å².